The molecule has 0 aliphatic carbocycles. The number of urea groups is 1. The fourth-order valence-electron chi connectivity index (χ4n) is 1.58. The normalized spacial score (nSPS) is 10.1. The summed E-state index contributed by atoms with van der Waals surface area (Å²) in [4.78, 5) is 22.7. The number of nitrogens with one attached hydrogen (secondary N) is 2. The maximum atomic E-state index is 13.1. The molecule has 20 heavy (non-hydrogen) atoms. The van der Waals surface area contributed by atoms with Crippen LogP contribution in [0.2, 0.25) is 0 Å². The van der Waals surface area contributed by atoms with Gasteiger partial charge in [-0.3, -0.25) is 4.68 Å². The molecule has 0 unspecified atom stereocenters. The van der Waals surface area contributed by atoms with Gasteiger partial charge in [-0.15, -0.1) is 0 Å². The fourth-order valence-corrected chi connectivity index (χ4v) is 1.58. The summed E-state index contributed by atoms with van der Waals surface area (Å²) in [5.74, 6) is -1.91. The number of hydrogen-bond acceptors (Lipinski definition) is 3. The Balaban J connectivity index is 2.15. The third-order valence-corrected chi connectivity index (χ3v) is 2.42. The maximum Gasteiger partial charge on any atom is 0.337 e. The summed E-state index contributed by atoms with van der Waals surface area (Å²) in [7, 11) is 1.68. The van der Waals surface area contributed by atoms with Crippen molar-refractivity contribution in [3.63, 3.8) is 0 Å². The zero-order chi connectivity index (χ0) is 14.7. The summed E-state index contributed by atoms with van der Waals surface area (Å²) in [6.07, 6.45) is 2.98. The molecule has 1 aromatic heterocycles. The van der Waals surface area contributed by atoms with E-state index in [4.69, 9.17) is 5.11 Å². The number of carboxylic acid groups (broad SMARTS) is 1. The molecule has 1 heterocycles. The standard InChI is InChI=1S/C12H11FN4O3/c1-17-6-8(5-14-17)15-12(20)16-10-4-7(13)2-3-9(10)11(18)19/h2-6H,1H3,(H,18,19)(H2,15,16,20). The van der Waals surface area contributed by atoms with E-state index in [1.807, 2.05) is 0 Å². The van der Waals surface area contributed by atoms with Crippen LogP contribution in [0.4, 0.5) is 20.6 Å². The molecule has 0 spiro atoms. The van der Waals surface area contributed by atoms with Crippen LogP contribution in [0, 0.1) is 5.82 Å². The van der Waals surface area contributed by atoms with Crippen molar-refractivity contribution in [2.24, 2.45) is 7.05 Å². The molecule has 2 amide bonds. The van der Waals surface area contributed by atoms with Crippen LogP contribution in [0.1, 0.15) is 10.4 Å². The molecule has 0 fully saturated rings. The van der Waals surface area contributed by atoms with Crippen molar-refractivity contribution >= 4 is 23.4 Å². The van der Waals surface area contributed by atoms with E-state index in [0.29, 0.717) is 5.69 Å². The van der Waals surface area contributed by atoms with Gasteiger partial charge in [0.1, 0.15) is 5.82 Å². The first-order valence-corrected chi connectivity index (χ1v) is 5.55. The first kappa shape index (κ1) is 13.5. The smallest absolute Gasteiger partial charge is 0.337 e. The third-order valence-electron chi connectivity index (χ3n) is 2.42. The number of benzene rings is 1. The van der Waals surface area contributed by atoms with Crippen LogP contribution in [0.3, 0.4) is 0 Å². The van der Waals surface area contributed by atoms with Gasteiger partial charge in [0, 0.05) is 13.2 Å². The summed E-state index contributed by atoms with van der Waals surface area (Å²) in [6.45, 7) is 0. The largest absolute Gasteiger partial charge is 0.478 e. The van der Waals surface area contributed by atoms with Crippen LogP contribution in [-0.4, -0.2) is 26.9 Å². The lowest BCUT2D eigenvalue weighted by molar-refractivity contribution is 0.0698. The Kier molecular flexibility index (Phi) is 3.65. The molecule has 0 radical (unpaired) electrons. The second kappa shape index (κ2) is 5.39. The highest BCUT2D eigenvalue weighted by atomic mass is 19.1. The predicted molar refractivity (Wildman–Crippen MR) is 69.2 cm³/mol. The van der Waals surface area contributed by atoms with Gasteiger partial charge in [-0.2, -0.15) is 5.10 Å². The van der Waals surface area contributed by atoms with Crippen molar-refractivity contribution in [2.45, 2.75) is 0 Å². The van der Waals surface area contributed by atoms with E-state index in [-0.39, 0.29) is 11.3 Å². The average molecular weight is 278 g/mol. The Morgan fingerprint density at radius 1 is 1.35 bits per heavy atom. The molecule has 0 saturated heterocycles. The van der Waals surface area contributed by atoms with Crippen molar-refractivity contribution in [3.05, 3.63) is 42.0 Å². The maximum absolute atomic E-state index is 13.1. The van der Waals surface area contributed by atoms with E-state index in [1.165, 1.54) is 10.9 Å². The second-order valence-corrected chi connectivity index (χ2v) is 3.98. The molecule has 0 saturated carbocycles. The molecular weight excluding hydrogens is 267 g/mol. The van der Waals surface area contributed by atoms with E-state index in [2.05, 4.69) is 15.7 Å². The molecule has 8 heteroatoms. The molecule has 2 rings (SSSR count). The lowest BCUT2D eigenvalue weighted by Crippen LogP contribution is -2.21. The van der Waals surface area contributed by atoms with Crippen molar-refractivity contribution in [1.82, 2.24) is 9.78 Å². The van der Waals surface area contributed by atoms with Gasteiger partial charge >= 0.3 is 12.0 Å². The van der Waals surface area contributed by atoms with Gasteiger partial charge in [0.25, 0.3) is 0 Å². The van der Waals surface area contributed by atoms with Crippen LogP contribution >= 0.6 is 0 Å². The second-order valence-electron chi connectivity index (χ2n) is 3.98. The molecule has 0 bridgehead atoms. The number of carbonyl (C=O) groups is 2. The Morgan fingerprint density at radius 3 is 2.70 bits per heavy atom. The Bertz CT molecular complexity index is 668. The summed E-state index contributed by atoms with van der Waals surface area (Å²) in [5, 5.41) is 17.5. The molecule has 1 aromatic carbocycles. The van der Waals surface area contributed by atoms with Crippen molar-refractivity contribution in [1.29, 1.82) is 0 Å². The van der Waals surface area contributed by atoms with Gasteiger partial charge in [-0.1, -0.05) is 0 Å². The number of carbonyl (C=O) groups excluding carboxylic acids is 1. The number of hydrogen-bond donors (Lipinski definition) is 3. The average Bonchev–Trinajstić information content (AvgIpc) is 2.74. The highest BCUT2D eigenvalue weighted by Gasteiger charge is 2.13. The minimum atomic E-state index is -1.26. The van der Waals surface area contributed by atoms with Crippen LogP contribution in [0.15, 0.2) is 30.6 Å². The van der Waals surface area contributed by atoms with Crippen molar-refractivity contribution in [3.8, 4) is 0 Å². The van der Waals surface area contributed by atoms with Crippen LogP contribution < -0.4 is 10.6 Å². The molecule has 2 aromatic rings. The van der Waals surface area contributed by atoms with Crippen LogP contribution in [0.25, 0.3) is 0 Å². The highest BCUT2D eigenvalue weighted by molar-refractivity contribution is 6.04. The minimum Gasteiger partial charge on any atom is -0.478 e. The Morgan fingerprint density at radius 2 is 2.10 bits per heavy atom. The number of rotatable bonds is 3. The zero-order valence-electron chi connectivity index (χ0n) is 10.4. The van der Waals surface area contributed by atoms with Gasteiger partial charge in [-0.05, 0) is 18.2 Å². The van der Waals surface area contributed by atoms with E-state index in [1.54, 1.807) is 13.2 Å². The molecule has 104 valence electrons. The highest BCUT2D eigenvalue weighted by Crippen LogP contribution is 2.17. The number of aromatic nitrogens is 2. The number of carboxylic acids is 1. The molecule has 0 atom stereocenters. The zero-order valence-corrected chi connectivity index (χ0v) is 10.4. The Hall–Kier alpha value is -2.90. The first-order chi connectivity index (χ1) is 9.45. The monoisotopic (exact) mass is 278 g/mol. The van der Waals surface area contributed by atoms with Gasteiger partial charge < -0.3 is 15.7 Å². The van der Waals surface area contributed by atoms with E-state index < -0.39 is 17.8 Å². The lowest BCUT2D eigenvalue weighted by atomic mass is 10.2. The SMILES string of the molecule is Cn1cc(NC(=O)Nc2cc(F)ccc2C(=O)O)cn1. The number of nitrogens with zero attached hydrogens (tertiary/aromatic N) is 2. The number of amides is 2. The number of aryl methyl sites for hydroxylation is 1. The molecule has 3 N–H and O–H groups in total. The van der Waals surface area contributed by atoms with E-state index in [9.17, 15) is 14.0 Å². The minimum absolute atomic E-state index is 0.126. The first-order valence-electron chi connectivity index (χ1n) is 5.55. The summed E-state index contributed by atoms with van der Waals surface area (Å²) in [6, 6.07) is 2.34. The van der Waals surface area contributed by atoms with Gasteiger partial charge in [0.15, 0.2) is 0 Å². The number of anilines is 2. The summed E-state index contributed by atoms with van der Waals surface area (Å²) in [5.41, 5.74) is 0.102. The van der Waals surface area contributed by atoms with Crippen LogP contribution in [-0.2, 0) is 7.05 Å². The van der Waals surface area contributed by atoms with E-state index >= 15 is 0 Å². The van der Waals surface area contributed by atoms with Gasteiger partial charge in [-0.25, -0.2) is 14.0 Å². The van der Waals surface area contributed by atoms with Crippen molar-refractivity contribution in [2.75, 3.05) is 10.6 Å². The molecule has 7 nitrogen and oxygen atoms in total. The van der Waals surface area contributed by atoms with Gasteiger partial charge in [0.2, 0.25) is 0 Å². The van der Waals surface area contributed by atoms with Crippen molar-refractivity contribution < 1.29 is 19.1 Å². The number of halogens is 1. The van der Waals surface area contributed by atoms with Gasteiger partial charge in [0.05, 0.1) is 23.1 Å². The quantitative estimate of drug-likeness (QED) is 0.798. The molecule has 0 aliphatic rings. The topological polar surface area (TPSA) is 96.2 Å². The predicted octanol–water partition coefficient (Wildman–Crippen LogP) is 1.90. The summed E-state index contributed by atoms with van der Waals surface area (Å²) >= 11 is 0. The Labute approximate surface area is 113 Å². The van der Waals surface area contributed by atoms with Crippen LogP contribution in [0.5, 0.6) is 0 Å². The van der Waals surface area contributed by atoms with E-state index in [0.717, 1.165) is 18.2 Å². The molecule has 0 aliphatic heterocycles. The fraction of sp³-hybridized carbons (Fsp3) is 0.0833. The summed E-state index contributed by atoms with van der Waals surface area (Å²) < 4.78 is 14.6. The third kappa shape index (κ3) is 3.10. The number of aromatic carboxylic acids is 1. The molecular formula is C12H11FN4O3. The lowest BCUT2D eigenvalue weighted by Gasteiger charge is -2.08.